The van der Waals surface area contributed by atoms with Crippen molar-refractivity contribution in [1.29, 1.82) is 0 Å². The fraction of sp³-hybridized carbons (Fsp3) is 0.476. The van der Waals surface area contributed by atoms with Crippen LogP contribution in [-0.2, 0) is 6.18 Å². The monoisotopic (exact) mass is 418 g/mol. The van der Waals surface area contributed by atoms with Gasteiger partial charge in [-0.05, 0) is 37.5 Å². The van der Waals surface area contributed by atoms with Gasteiger partial charge in [0.2, 0.25) is 0 Å². The zero-order valence-electron chi connectivity index (χ0n) is 16.9. The normalized spacial score (nSPS) is 14.4. The first-order valence-electron chi connectivity index (χ1n) is 10.3. The Bertz CT molecular complexity index is 996. The molecule has 1 N–H and O–H groups in total. The summed E-state index contributed by atoms with van der Waals surface area (Å²) in [6.45, 7) is 4.70. The van der Waals surface area contributed by atoms with Crippen LogP contribution < -0.4 is 10.2 Å². The van der Waals surface area contributed by atoms with Crippen molar-refractivity contribution in [3.8, 4) is 11.5 Å². The fourth-order valence-corrected chi connectivity index (χ4v) is 3.34. The zero-order chi connectivity index (χ0) is 21.1. The van der Waals surface area contributed by atoms with Crippen LogP contribution in [0.4, 0.5) is 19.0 Å². The highest BCUT2D eigenvalue weighted by Gasteiger charge is 2.31. The summed E-state index contributed by atoms with van der Waals surface area (Å²) in [5.41, 5.74) is 0.120. The Kier molecular flexibility index (Phi) is 5.90. The van der Waals surface area contributed by atoms with Crippen molar-refractivity contribution in [2.75, 3.05) is 24.5 Å². The highest BCUT2D eigenvalue weighted by Crippen LogP contribution is 2.30. The van der Waals surface area contributed by atoms with E-state index in [1.54, 1.807) is 6.20 Å². The number of fused-ring (bicyclic) bond motifs is 1. The number of nitrogens with one attached hydrogen (secondary N) is 1. The second-order valence-corrected chi connectivity index (χ2v) is 7.59. The van der Waals surface area contributed by atoms with Crippen molar-refractivity contribution in [1.82, 2.24) is 24.7 Å². The number of imidazole rings is 1. The van der Waals surface area contributed by atoms with Crippen LogP contribution in [0.3, 0.4) is 0 Å². The molecule has 0 amide bonds. The van der Waals surface area contributed by atoms with Gasteiger partial charge < -0.3 is 10.2 Å². The van der Waals surface area contributed by atoms with Crippen molar-refractivity contribution >= 4 is 11.5 Å². The molecule has 0 bridgehead atoms. The van der Waals surface area contributed by atoms with E-state index in [-0.39, 0.29) is 0 Å². The molecule has 3 heterocycles. The molecular weight excluding hydrogens is 393 g/mol. The molecule has 30 heavy (non-hydrogen) atoms. The first-order chi connectivity index (χ1) is 14.5. The number of hydrogen-bond acceptors (Lipinski definition) is 5. The highest BCUT2D eigenvalue weighted by atomic mass is 19.4. The molecule has 0 atom stereocenters. The van der Waals surface area contributed by atoms with Crippen LogP contribution in [0, 0.1) is 0 Å². The van der Waals surface area contributed by atoms with Gasteiger partial charge in [0.15, 0.2) is 5.82 Å². The van der Waals surface area contributed by atoms with E-state index in [0.717, 1.165) is 50.6 Å². The molecule has 0 unspecified atom stereocenters. The number of rotatable bonds is 9. The minimum atomic E-state index is -4.43. The first-order valence-corrected chi connectivity index (χ1v) is 10.3. The van der Waals surface area contributed by atoms with Gasteiger partial charge in [0.25, 0.3) is 0 Å². The third-order valence-corrected chi connectivity index (χ3v) is 5.20. The lowest BCUT2D eigenvalue weighted by Gasteiger charge is -2.24. The smallest absolute Gasteiger partial charge is 0.355 e. The Balaban J connectivity index is 1.62. The van der Waals surface area contributed by atoms with E-state index in [1.165, 1.54) is 29.5 Å². The summed E-state index contributed by atoms with van der Waals surface area (Å²) in [4.78, 5) is 15.4. The van der Waals surface area contributed by atoms with Crippen molar-refractivity contribution in [3.05, 3.63) is 42.4 Å². The summed E-state index contributed by atoms with van der Waals surface area (Å²) in [6, 6.07) is 4.87. The Labute approximate surface area is 173 Å². The number of unbranched alkanes of at least 4 members (excludes halogenated alkanes) is 1. The van der Waals surface area contributed by atoms with Crippen LogP contribution in [0.5, 0.6) is 0 Å². The van der Waals surface area contributed by atoms with Crippen molar-refractivity contribution in [3.63, 3.8) is 0 Å². The van der Waals surface area contributed by atoms with Gasteiger partial charge >= 0.3 is 6.18 Å². The molecular formula is C21H25F3N6. The predicted octanol–water partition coefficient (Wildman–Crippen LogP) is 4.17. The first kappa shape index (κ1) is 20.6. The molecule has 1 aliphatic carbocycles. The van der Waals surface area contributed by atoms with Crippen molar-refractivity contribution in [2.24, 2.45) is 0 Å². The van der Waals surface area contributed by atoms with E-state index in [0.29, 0.717) is 23.2 Å². The molecule has 0 spiro atoms. The van der Waals surface area contributed by atoms with E-state index in [9.17, 15) is 13.2 Å². The zero-order valence-corrected chi connectivity index (χ0v) is 16.9. The summed E-state index contributed by atoms with van der Waals surface area (Å²) in [6.07, 6.45) is 4.36. The van der Waals surface area contributed by atoms with E-state index in [4.69, 9.17) is 0 Å². The number of alkyl halides is 3. The summed E-state index contributed by atoms with van der Waals surface area (Å²) < 4.78 is 40.8. The Hall–Kier alpha value is -2.68. The van der Waals surface area contributed by atoms with Gasteiger partial charge in [-0.1, -0.05) is 13.3 Å². The SMILES string of the molecule is CCCCN(CCNC1CC1)c1ccnc(-c2cnc3ccc(C(F)(F)F)cn23)n1. The minimum absolute atomic E-state index is 0.357. The van der Waals surface area contributed by atoms with Gasteiger partial charge in [0, 0.05) is 38.1 Å². The quantitative estimate of drug-likeness (QED) is 0.565. The second kappa shape index (κ2) is 8.59. The van der Waals surface area contributed by atoms with Gasteiger partial charge in [0.1, 0.15) is 17.2 Å². The average Bonchev–Trinajstić information content (AvgIpc) is 3.46. The number of halogens is 3. The third kappa shape index (κ3) is 4.72. The van der Waals surface area contributed by atoms with Crippen molar-refractivity contribution in [2.45, 2.75) is 44.8 Å². The molecule has 160 valence electrons. The average molecular weight is 418 g/mol. The minimum Gasteiger partial charge on any atom is -0.355 e. The van der Waals surface area contributed by atoms with E-state index in [2.05, 4.69) is 32.1 Å². The maximum atomic E-state index is 13.1. The standard InChI is InChI=1S/C21H25F3N6/c1-2-3-11-29(12-10-25-16-5-6-16)19-8-9-26-20(28-19)17-13-27-18-7-4-15(14-30(17)18)21(22,23)24/h4,7-9,13-14,16,25H,2-3,5-6,10-12H2,1H3. The van der Waals surface area contributed by atoms with E-state index in [1.807, 2.05) is 6.07 Å². The lowest BCUT2D eigenvalue weighted by atomic mass is 10.2. The predicted molar refractivity (Wildman–Crippen MR) is 109 cm³/mol. The largest absolute Gasteiger partial charge is 0.417 e. The molecule has 1 aliphatic rings. The topological polar surface area (TPSA) is 58.3 Å². The van der Waals surface area contributed by atoms with Gasteiger partial charge in [-0.3, -0.25) is 4.40 Å². The lowest BCUT2D eigenvalue weighted by molar-refractivity contribution is -0.137. The fourth-order valence-electron chi connectivity index (χ4n) is 3.34. The van der Waals surface area contributed by atoms with Gasteiger partial charge in [0.05, 0.1) is 11.8 Å². The molecule has 9 heteroatoms. The molecule has 1 fully saturated rings. The molecule has 3 aromatic rings. The summed E-state index contributed by atoms with van der Waals surface area (Å²) >= 11 is 0. The maximum absolute atomic E-state index is 13.1. The van der Waals surface area contributed by atoms with Crippen LogP contribution in [0.2, 0.25) is 0 Å². The molecule has 0 aromatic carbocycles. The second-order valence-electron chi connectivity index (χ2n) is 7.59. The number of anilines is 1. The Morgan fingerprint density at radius 1 is 1.17 bits per heavy atom. The summed E-state index contributed by atoms with van der Waals surface area (Å²) in [5.74, 6) is 1.13. The van der Waals surface area contributed by atoms with E-state index < -0.39 is 11.7 Å². The lowest BCUT2D eigenvalue weighted by Crippen LogP contribution is -2.34. The van der Waals surface area contributed by atoms with Crippen molar-refractivity contribution < 1.29 is 13.2 Å². The van der Waals surface area contributed by atoms with Gasteiger partial charge in [-0.15, -0.1) is 0 Å². The maximum Gasteiger partial charge on any atom is 0.417 e. The molecule has 0 saturated heterocycles. The number of aromatic nitrogens is 4. The number of hydrogen-bond donors (Lipinski definition) is 1. The van der Waals surface area contributed by atoms with Crippen LogP contribution in [0.25, 0.3) is 17.2 Å². The third-order valence-electron chi connectivity index (χ3n) is 5.20. The van der Waals surface area contributed by atoms with Gasteiger partial charge in [-0.2, -0.15) is 13.2 Å². The Morgan fingerprint density at radius 3 is 2.73 bits per heavy atom. The molecule has 3 aromatic heterocycles. The molecule has 0 aliphatic heterocycles. The molecule has 1 saturated carbocycles. The van der Waals surface area contributed by atoms with Crippen LogP contribution in [0.1, 0.15) is 38.2 Å². The van der Waals surface area contributed by atoms with Gasteiger partial charge in [-0.25, -0.2) is 15.0 Å². The van der Waals surface area contributed by atoms with Crippen LogP contribution in [0.15, 0.2) is 36.8 Å². The molecule has 6 nitrogen and oxygen atoms in total. The molecule has 4 rings (SSSR count). The van der Waals surface area contributed by atoms with Crippen LogP contribution >= 0.6 is 0 Å². The Morgan fingerprint density at radius 2 is 2.00 bits per heavy atom. The summed E-state index contributed by atoms with van der Waals surface area (Å²) in [5, 5.41) is 3.51. The van der Waals surface area contributed by atoms with E-state index >= 15 is 0 Å². The molecule has 0 radical (unpaired) electrons. The summed E-state index contributed by atoms with van der Waals surface area (Å²) in [7, 11) is 0. The highest BCUT2D eigenvalue weighted by molar-refractivity contribution is 5.59. The number of nitrogens with zero attached hydrogens (tertiary/aromatic N) is 5. The number of pyridine rings is 1. The van der Waals surface area contributed by atoms with Crippen LogP contribution in [-0.4, -0.2) is 45.0 Å².